The lowest BCUT2D eigenvalue weighted by atomic mass is 9.79. The first-order chi connectivity index (χ1) is 46.7. The van der Waals surface area contributed by atoms with Crippen LogP contribution in [0.25, 0.3) is 175 Å². The van der Waals surface area contributed by atoms with Crippen molar-refractivity contribution in [3.05, 3.63) is 338 Å². The van der Waals surface area contributed by atoms with Crippen LogP contribution in [-0.4, -0.2) is 0 Å². The second-order valence-corrected chi connectivity index (χ2v) is 27.3. The van der Waals surface area contributed by atoms with Crippen molar-refractivity contribution in [3.8, 4) is 77.9 Å². The highest BCUT2D eigenvalue weighted by atomic mass is 16.3. The quantitative estimate of drug-likeness (QED) is 0.157. The van der Waals surface area contributed by atoms with Gasteiger partial charge in [-0.05, 0) is 206 Å². The number of furan rings is 1. The van der Waals surface area contributed by atoms with E-state index in [2.05, 4.69) is 343 Å². The number of fused-ring (bicyclic) bond motifs is 19. The van der Waals surface area contributed by atoms with Crippen LogP contribution in [0.2, 0.25) is 0 Å². The first kappa shape index (κ1) is 55.0. The van der Waals surface area contributed by atoms with E-state index in [9.17, 15) is 0 Å². The Bertz CT molecular complexity index is 6160. The van der Waals surface area contributed by atoms with Crippen LogP contribution in [0.15, 0.2) is 320 Å². The summed E-state index contributed by atoms with van der Waals surface area (Å²) in [6.07, 6.45) is 0. The summed E-state index contributed by atoms with van der Waals surface area (Å²) in [5.41, 5.74) is 25.4. The molecule has 17 aromatic carbocycles. The summed E-state index contributed by atoms with van der Waals surface area (Å²) in [5, 5.41) is 20.3. The van der Waals surface area contributed by atoms with Crippen molar-refractivity contribution in [1.82, 2.24) is 0 Å². The molecule has 0 saturated carbocycles. The molecule has 446 valence electrons. The van der Waals surface area contributed by atoms with E-state index >= 15 is 0 Å². The minimum absolute atomic E-state index is 0.0702. The number of rotatable bonds is 5. The summed E-state index contributed by atoms with van der Waals surface area (Å²) < 4.78 is 6.40. The van der Waals surface area contributed by atoms with Crippen LogP contribution in [0.3, 0.4) is 0 Å². The zero-order valence-electron chi connectivity index (χ0n) is 53.4. The second-order valence-electron chi connectivity index (χ2n) is 27.3. The molecule has 0 N–H and O–H groups in total. The molecule has 1 nitrogen and oxygen atoms in total. The Morgan fingerprint density at radius 3 is 1.03 bits per heavy atom. The Kier molecular flexibility index (Phi) is 12.1. The smallest absolute Gasteiger partial charge is 0.136 e. The molecule has 0 amide bonds. The van der Waals surface area contributed by atoms with Crippen LogP contribution >= 0.6 is 0 Å². The van der Waals surface area contributed by atoms with E-state index in [1.54, 1.807) is 0 Å². The highest BCUT2D eigenvalue weighted by Crippen LogP contribution is 2.56. The normalized spacial score (nSPS) is 13.4. The summed E-state index contributed by atoms with van der Waals surface area (Å²) >= 11 is 0. The predicted octanol–water partition coefficient (Wildman–Crippen LogP) is 26.3. The maximum absolute atomic E-state index is 6.40. The number of hydrogen-bond acceptors (Lipinski definition) is 1. The Morgan fingerprint density at radius 1 is 0.211 bits per heavy atom. The first-order valence-electron chi connectivity index (χ1n) is 33.4. The third-order valence-electron chi connectivity index (χ3n) is 21.4. The van der Waals surface area contributed by atoms with Crippen LogP contribution in [0.4, 0.5) is 0 Å². The highest BCUT2D eigenvalue weighted by molar-refractivity contribution is 6.25. The van der Waals surface area contributed by atoms with Gasteiger partial charge in [0.05, 0.1) is 0 Å². The topological polar surface area (TPSA) is 13.1 Å². The van der Waals surface area contributed by atoms with Crippen molar-refractivity contribution in [3.63, 3.8) is 0 Å². The summed E-state index contributed by atoms with van der Waals surface area (Å²) in [6.45, 7) is 9.53. The van der Waals surface area contributed by atoms with Crippen molar-refractivity contribution in [2.75, 3.05) is 0 Å². The molecule has 18 aromatic rings. The SMILES string of the molecule is CC1(C)c2ccc(-c3c4ccccc4c(-c4ccc5oc6ccc7ccccc7c6c5c4)c4ccccc34)cc2-c2ccc3ccccc3c21.CC1(C)c2ccc(-c3c4ccccc4c(-c4ccccc4-c4ccccc4)c4ccccc34)cc2-c2ccc3ccccc3c21. The molecule has 2 aliphatic carbocycles. The molecule has 1 heteroatoms. The molecule has 20 rings (SSSR count). The lowest BCUT2D eigenvalue weighted by Gasteiger charge is -2.23. The van der Waals surface area contributed by atoms with Crippen LogP contribution in [0.1, 0.15) is 49.9 Å². The van der Waals surface area contributed by atoms with Gasteiger partial charge in [0.15, 0.2) is 0 Å². The second kappa shape index (κ2) is 20.9. The van der Waals surface area contributed by atoms with Gasteiger partial charge in [-0.2, -0.15) is 0 Å². The molecule has 0 saturated heterocycles. The Morgan fingerprint density at radius 2 is 0.558 bits per heavy atom. The van der Waals surface area contributed by atoms with Gasteiger partial charge in [-0.25, -0.2) is 0 Å². The summed E-state index contributed by atoms with van der Waals surface area (Å²) in [5.74, 6) is 0. The monoisotopic (exact) mass is 1210 g/mol. The van der Waals surface area contributed by atoms with E-state index in [-0.39, 0.29) is 10.8 Å². The predicted molar refractivity (Wildman–Crippen MR) is 405 cm³/mol. The van der Waals surface area contributed by atoms with Crippen LogP contribution in [0.5, 0.6) is 0 Å². The van der Waals surface area contributed by atoms with E-state index in [1.165, 1.54) is 181 Å². The van der Waals surface area contributed by atoms with Gasteiger partial charge in [-0.1, -0.05) is 313 Å². The fraction of sp³-hybridized carbons (Fsp3) is 0.0638. The van der Waals surface area contributed by atoms with Gasteiger partial charge in [-0.3, -0.25) is 0 Å². The van der Waals surface area contributed by atoms with Crippen molar-refractivity contribution < 1.29 is 4.42 Å². The van der Waals surface area contributed by atoms with E-state index in [0.717, 1.165) is 16.6 Å². The minimum atomic E-state index is -0.0840. The van der Waals surface area contributed by atoms with Gasteiger partial charge >= 0.3 is 0 Å². The zero-order chi connectivity index (χ0) is 63.3. The Hall–Kier alpha value is -11.6. The van der Waals surface area contributed by atoms with Crippen molar-refractivity contribution >= 4 is 97.3 Å². The van der Waals surface area contributed by atoms with Gasteiger partial charge in [0.2, 0.25) is 0 Å². The number of hydrogen-bond donors (Lipinski definition) is 0. The molecule has 95 heavy (non-hydrogen) atoms. The minimum Gasteiger partial charge on any atom is -0.456 e. The van der Waals surface area contributed by atoms with Gasteiger partial charge < -0.3 is 4.42 Å². The van der Waals surface area contributed by atoms with Crippen molar-refractivity contribution in [2.24, 2.45) is 0 Å². The van der Waals surface area contributed by atoms with E-state index < -0.39 is 0 Å². The van der Waals surface area contributed by atoms with Gasteiger partial charge in [0.1, 0.15) is 11.2 Å². The molecule has 0 spiro atoms. The number of benzene rings is 17. The van der Waals surface area contributed by atoms with Crippen molar-refractivity contribution in [2.45, 2.75) is 38.5 Å². The molecular formula is C94H64O. The van der Waals surface area contributed by atoms with E-state index in [4.69, 9.17) is 4.42 Å². The third kappa shape index (κ3) is 8.22. The van der Waals surface area contributed by atoms with Gasteiger partial charge in [0, 0.05) is 21.6 Å². The average molecular weight is 1210 g/mol. The van der Waals surface area contributed by atoms with Gasteiger partial charge in [0.25, 0.3) is 0 Å². The Labute approximate surface area is 552 Å². The molecular weight excluding hydrogens is 1150 g/mol. The van der Waals surface area contributed by atoms with Crippen LogP contribution in [0, 0.1) is 0 Å². The molecule has 0 radical (unpaired) electrons. The standard InChI is InChI=1S/C49H32O.C45H32/c1-49(2)42-24-20-31(27-40(42)39-23-19-30-12-4-6-14-34(30)48(39)49)45-35-15-7-9-17-37(35)46(38-18-10-8-16-36(38)45)32-22-25-43-41(28-32)47-33-13-5-3-11-29(33)21-26-44(47)50-43;1-45(2)41-27-25-31(28-40(41)39-26-24-30-16-6-7-18-33(30)44(39)45)42-35-20-10-12-22-37(35)43(38-23-13-11-21-36(38)42)34-19-9-8-17-32(34)29-14-4-3-5-15-29/h3-28H,1-2H3;3-28H,1-2H3. The third-order valence-corrected chi connectivity index (χ3v) is 21.4. The lowest BCUT2D eigenvalue weighted by molar-refractivity contribution is 0.666. The van der Waals surface area contributed by atoms with E-state index in [1.807, 2.05) is 0 Å². The molecule has 0 aliphatic heterocycles. The van der Waals surface area contributed by atoms with Crippen LogP contribution in [-0.2, 0) is 10.8 Å². The molecule has 0 bridgehead atoms. The maximum Gasteiger partial charge on any atom is 0.136 e. The molecule has 0 atom stereocenters. The van der Waals surface area contributed by atoms with Crippen molar-refractivity contribution in [1.29, 1.82) is 0 Å². The molecule has 2 aliphatic rings. The summed E-state index contributed by atoms with van der Waals surface area (Å²) in [7, 11) is 0. The Balaban J connectivity index is 0.000000135. The summed E-state index contributed by atoms with van der Waals surface area (Å²) in [4.78, 5) is 0. The zero-order valence-corrected chi connectivity index (χ0v) is 53.4. The molecule has 0 unspecified atom stereocenters. The van der Waals surface area contributed by atoms with Crippen LogP contribution < -0.4 is 0 Å². The lowest BCUT2D eigenvalue weighted by Crippen LogP contribution is -2.15. The maximum atomic E-state index is 6.40. The molecule has 1 heterocycles. The fourth-order valence-corrected chi connectivity index (χ4v) is 17.3. The molecule has 0 fully saturated rings. The largest absolute Gasteiger partial charge is 0.456 e. The van der Waals surface area contributed by atoms with E-state index in [0.29, 0.717) is 0 Å². The van der Waals surface area contributed by atoms with Gasteiger partial charge in [-0.15, -0.1) is 0 Å². The molecule has 1 aromatic heterocycles. The summed E-state index contributed by atoms with van der Waals surface area (Å²) in [6, 6.07) is 116. The highest BCUT2D eigenvalue weighted by Gasteiger charge is 2.39. The fourth-order valence-electron chi connectivity index (χ4n) is 17.3. The first-order valence-corrected chi connectivity index (χ1v) is 33.4. The average Bonchev–Trinajstić information content (AvgIpc) is 1.69.